The standard InChI is InChI=1S/C63H45NO/c1-63(2)59-39-50(51-28-35-58-57-21-9-10-22-61(57)65-62(58)40-51)27-34-55(59)56-36-33-54(41-60(56)63)64(52-29-23-44(24-30-52)48-19-11-17-46(37-48)42-13-5-3-6-14-42)53-31-25-45(26-32-53)49-20-12-18-47(38-49)43-15-7-4-8-16-43/h3-41H,1-2H3. The van der Waals surface area contributed by atoms with E-state index in [-0.39, 0.29) is 5.41 Å². The van der Waals surface area contributed by atoms with Crippen LogP contribution in [0, 0.1) is 0 Å². The van der Waals surface area contributed by atoms with Crippen molar-refractivity contribution in [3.8, 4) is 66.8 Å². The Balaban J connectivity index is 0.917. The number of hydrogen-bond acceptors (Lipinski definition) is 2. The van der Waals surface area contributed by atoms with E-state index < -0.39 is 0 Å². The van der Waals surface area contributed by atoms with Crippen LogP contribution < -0.4 is 4.90 Å². The van der Waals surface area contributed by atoms with Crippen LogP contribution in [0.25, 0.3) is 88.7 Å². The molecule has 2 nitrogen and oxygen atoms in total. The number of furan rings is 1. The fourth-order valence-electron chi connectivity index (χ4n) is 10.0. The van der Waals surface area contributed by atoms with Crippen LogP contribution in [0.3, 0.4) is 0 Å². The first-order valence-corrected chi connectivity index (χ1v) is 22.5. The molecule has 1 aliphatic carbocycles. The normalized spacial score (nSPS) is 12.6. The molecule has 0 unspecified atom stereocenters. The van der Waals surface area contributed by atoms with Gasteiger partial charge in [-0.15, -0.1) is 0 Å². The summed E-state index contributed by atoms with van der Waals surface area (Å²) in [5, 5.41) is 2.30. The Kier molecular flexibility index (Phi) is 9.21. The van der Waals surface area contributed by atoms with Crippen LogP contribution in [0.4, 0.5) is 17.1 Å². The molecule has 11 aromatic rings. The topological polar surface area (TPSA) is 16.4 Å². The van der Waals surface area contributed by atoms with Gasteiger partial charge in [0.2, 0.25) is 0 Å². The van der Waals surface area contributed by atoms with Gasteiger partial charge in [0.15, 0.2) is 0 Å². The maximum absolute atomic E-state index is 6.30. The van der Waals surface area contributed by atoms with E-state index in [4.69, 9.17) is 4.42 Å². The van der Waals surface area contributed by atoms with Crippen molar-refractivity contribution in [1.29, 1.82) is 0 Å². The van der Waals surface area contributed by atoms with Gasteiger partial charge in [0.25, 0.3) is 0 Å². The van der Waals surface area contributed by atoms with E-state index >= 15 is 0 Å². The zero-order valence-electron chi connectivity index (χ0n) is 36.4. The van der Waals surface area contributed by atoms with Gasteiger partial charge in [-0.2, -0.15) is 0 Å². The molecule has 0 saturated carbocycles. The molecule has 10 aromatic carbocycles. The van der Waals surface area contributed by atoms with Gasteiger partial charge in [-0.25, -0.2) is 0 Å². The van der Waals surface area contributed by atoms with Gasteiger partial charge in [-0.3, -0.25) is 0 Å². The van der Waals surface area contributed by atoms with Crippen LogP contribution in [0.15, 0.2) is 241 Å². The molecule has 0 spiro atoms. The van der Waals surface area contributed by atoms with Crippen molar-refractivity contribution in [2.24, 2.45) is 0 Å². The summed E-state index contributed by atoms with van der Waals surface area (Å²) in [5.74, 6) is 0. The van der Waals surface area contributed by atoms with Crippen molar-refractivity contribution < 1.29 is 4.42 Å². The van der Waals surface area contributed by atoms with Gasteiger partial charge in [0.05, 0.1) is 0 Å². The number of para-hydroxylation sites is 1. The molecular formula is C63H45NO. The molecular weight excluding hydrogens is 787 g/mol. The molecule has 1 heterocycles. The molecule has 0 amide bonds. The average Bonchev–Trinajstić information content (AvgIpc) is 3.85. The molecule has 0 atom stereocenters. The van der Waals surface area contributed by atoms with Gasteiger partial charge in [-0.05, 0) is 151 Å². The zero-order chi connectivity index (χ0) is 43.5. The van der Waals surface area contributed by atoms with Crippen molar-refractivity contribution in [2.45, 2.75) is 19.3 Å². The summed E-state index contributed by atoms with van der Waals surface area (Å²) in [6, 6.07) is 85.9. The molecule has 0 aliphatic heterocycles. The Morgan fingerprint density at radius 1 is 0.292 bits per heavy atom. The lowest BCUT2D eigenvalue weighted by molar-refractivity contribution is 0.660. The smallest absolute Gasteiger partial charge is 0.136 e. The number of nitrogens with zero attached hydrogens (tertiary/aromatic N) is 1. The monoisotopic (exact) mass is 831 g/mol. The molecule has 12 rings (SSSR count). The molecule has 0 radical (unpaired) electrons. The average molecular weight is 832 g/mol. The number of hydrogen-bond donors (Lipinski definition) is 0. The molecule has 308 valence electrons. The summed E-state index contributed by atoms with van der Waals surface area (Å²) in [7, 11) is 0. The highest BCUT2D eigenvalue weighted by Gasteiger charge is 2.36. The third-order valence-corrected chi connectivity index (χ3v) is 13.5. The van der Waals surface area contributed by atoms with E-state index in [1.165, 1.54) is 72.3 Å². The SMILES string of the molecule is CC1(C)c2cc(-c3ccc4c(c3)oc3ccccc34)ccc2-c2ccc(N(c3ccc(-c4cccc(-c5ccccc5)c4)cc3)c3ccc(-c4cccc(-c5ccccc5)c4)cc3)cc21. The molecule has 1 aliphatic rings. The van der Waals surface area contributed by atoms with E-state index in [1.54, 1.807) is 0 Å². The van der Waals surface area contributed by atoms with Gasteiger partial charge in [-0.1, -0.05) is 178 Å². The fraction of sp³-hybridized carbons (Fsp3) is 0.0476. The van der Waals surface area contributed by atoms with Crippen LogP contribution in [0.2, 0.25) is 0 Å². The second-order valence-corrected chi connectivity index (χ2v) is 17.7. The number of anilines is 3. The highest BCUT2D eigenvalue weighted by Crippen LogP contribution is 2.52. The number of benzene rings is 10. The van der Waals surface area contributed by atoms with Crippen LogP contribution >= 0.6 is 0 Å². The number of rotatable bonds is 8. The van der Waals surface area contributed by atoms with Crippen LogP contribution in [-0.4, -0.2) is 0 Å². The quantitative estimate of drug-likeness (QED) is 0.152. The van der Waals surface area contributed by atoms with Gasteiger partial charge in [0, 0.05) is 33.2 Å². The lowest BCUT2D eigenvalue weighted by Gasteiger charge is -2.28. The van der Waals surface area contributed by atoms with Gasteiger partial charge in [0.1, 0.15) is 11.2 Å². The van der Waals surface area contributed by atoms with Crippen LogP contribution in [-0.2, 0) is 5.41 Å². The fourth-order valence-corrected chi connectivity index (χ4v) is 10.0. The van der Waals surface area contributed by atoms with Gasteiger partial charge < -0.3 is 9.32 Å². The van der Waals surface area contributed by atoms with Crippen molar-refractivity contribution in [2.75, 3.05) is 4.90 Å². The second-order valence-electron chi connectivity index (χ2n) is 17.7. The van der Waals surface area contributed by atoms with Gasteiger partial charge >= 0.3 is 0 Å². The summed E-state index contributed by atoms with van der Waals surface area (Å²) >= 11 is 0. The maximum Gasteiger partial charge on any atom is 0.136 e. The predicted octanol–water partition coefficient (Wildman–Crippen LogP) is 17.7. The summed E-state index contributed by atoms with van der Waals surface area (Å²) in [5.41, 5.74) is 22.1. The Morgan fingerprint density at radius 2 is 0.692 bits per heavy atom. The summed E-state index contributed by atoms with van der Waals surface area (Å²) in [6.07, 6.45) is 0. The lowest BCUT2D eigenvalue weighted by atomic mass is 9.81. The highest BCUT2D eigenvalue weighted by atomic mass is 16.3. The lowest BCUT2D eigenvalue weighted by Crippen LogP contribution is -2.16. The highest BCUT2D eigenvalue weighted by molar-refractivity contribution is 6.06. The Hall–Kier alpha value is -8.20. The molecule has 1 aromatic heterocycles. The molecule has 2 heteroatoms. The Morgan fingerprint density at radius 3 is 1.28 bits per heavy atom. The van der Waals surface area contributed by atoms with Crippen LogP contribution in [0.1, 0.15) is 25.0 Å². The van der Waals surface area contributed by atoms with E-state index in [1.807, 2.05) is 12.1 Å². The van der Waals surface area contributed by atoms with E-state index in [0.29, 0.717) is 0 Å². The molecule has 0 saturated heterocycles. The zero-order valence-corrected chi connectivity index (χ0v) is 36.4. The van der Waals surface area contributed by atoms with E-state index in [2.05, 4.69) is 243 Å². The molecule has 0 bridgehead atoms. The second kappa shape index (κ2) is 15.6. The van der Waals surface area contributed by atoms with E-state index in [0.717, 1.165) is 44.6 Å². The van der Waals surface area contributed by atoms with Crippen molar-refractivity contribution >= 4 is 39.0 Å². The molecule has 0 N–H and O–H groups in total. The van der Waals surface area contributed by atoms with Crippen molar-refractivity contribution in [3.63, 3.8) is 0 Å². The van der Waals surface area contributed by atoms with Crippen molar-refractivity contribution in [3.05, 3.63) is 248 Å². The Labute approximate surface area is 380 Å². The van der Waals surface area contributed by atoms with Crippen molar-refractivity contribution in [1.82, 2.24) is 0 Å². The number of fused-ring (bicyclic) bond motifs is 6. The maximum atomic E-state index is 6.30. The minimum Gasteiger partial charge on any atom is -0.456 e. The third kappa shape index (κ3) is 6.83. The first-order chi connectivity index (χ1) is 31.9. The summed E-state index contributed by atoms with van der Waals surface area (Å²) in [4.78, 5) is 2.40. The first-order valence-electron chi connectivity index (χ1n) is 22.5. The predicted molar refractivity (Wildman–Crippen MR) is 273 cm³/mol. The summed E-state index contributed by atoms with van der Waals surface area (Å²) in [6.45, 7) is 4.74. The third-order valence-electron chi connectivity index (χ3n) is 13.5. The largest absolute Gasteiger partial charge is 0.456 e. The van der Waals surface area contributed by atoms with E-state index in [9.17, 15) is 0 Å². The minimum absolute atomic E-state index is 0.229. The summed E-state index contributed by atoms with van der Waals surface area (Å²) < 4.78 is 6.30. The molecule has 0 fully saturated rings. The minimum atomic E-state index is -0.229. The Bertz CT molecular complexity index is 3420. The molecule has 65 heavy (non-hydrogen) atoms. The van der Waals surface area contributed by atoms with Crippen LogP contribution in [0.5, 0.6) is 0 Å². The first kappa shape index (κ1) is 38.5.